The second kappa shape index (κ2) is 5.52. The number of benzene rings is 1. The number of carboxylic acids is 1. The Kier molecular flexibility index (Phi) is 3.79. The first-order valence-electron chi connectivity index (χ1n) is 5.96. The number of rotatable bonds is 3. The van der Waals surface area contributed by atoms with Crippen LogP contribution in [-0.4, -0.2) is 40.7 Å². The van der Waals surface area contributed by atoms with Gasteiger partial charge >= 0.3 is 5.97 Å². The summed E-state index contributed by atoms with van der Waals surface area (Å²) in [7, 11) is 1.50. The van der Waals surface area contributed by atoms with Gasteiger partial charge in [-0.1, -0.05) is 0 Å². The third kappa shape index (κ3) is 3.00. The summed E-state index contributed by atoms with van der Waals surface area (Å²) in [4.78, 5) is 33.9. The number of nitrogens with zero attached hydrogens (tertiary/aromatic N) is 2. The average molecular weight is 275 g/mol. The lowest BCUT2D eigenvalue weighted by molar-refractivity contribution is -0.130. The molecule has 0 atom stereocenters. The Morgan fingerprint density at radius 1 is 1.25 bits per heavy atom. The Morgan fingerprint density at radius 2 is 1.90 bits per heavy atom. The SMILES string of the molecule is CN1N=C(C(=O)Nc2ccc(C(=O)O)cc2)CCC1=O. The number of carbonyl (C=O) groups is 3. The average Bonchev–Trinajstić information content (AvgIpc) is 2.42. The summed E-state index contributed by atoms with van der Waals surface area (Å²) >= 11 is 0. The number of hydrogen-bond acceptors (Lipinski definition) is 4. The Hall–Kier alpha value is -2.70. The standard InChI is InChI=1S/C13H13N3O4/c1-16-11(17)7-6-10(15-16)12(18)14-9-4-2-8(3-5-9)13(19)20/h2-5H,6-7H2,1H3,(H,14,18)(H,19,20). The van der Waals surface area contributed by atoms with E-state index in [1.165, 1.54) is 31.3 Å². The molecule has 2 N–H and O–H groups in total. The second-order valence-electron chi connectivity index (χ2n) is 4.30. The van der Waals surface area contributed by atoms with Gasteiger partial charge in [0.1, 0.15) is 5.71 Å². The van der Waals surface area contributed by atoms with Gasteiger partial charge in [0, 0.05) is 25.6 Å². The van der Waals surface area contributed by atoms with Crippen molar-refractivity contribution in [2.24, 2.45) is 5.10 Å². The van der Waals surface area contributed by atoms with Crippen LogP contribution in [0.3, 0.4) is 0 Å². The monoisotopic (exact) mass is 275 g/mol. The highest BCUT2D eigenvalue weighted by atomic mass is 16.4. The summed E-state index contributed by atoms with van der Waals surface area (Å²) in [6, 6.07) is 5.80. The van der Waals surface area contributed by atoms with Crippen molar-refractivity contribution in [3.05, 3.63) is 29.8 Å². The summed E-state index contributed by atoms with van der Waals surface area (Å²) in [5.41, 5.74) is 0.889. The first-order valence-corrected chi connectivity index (χ1v) is 5.96. The number of hydrazone groups is 1. The van der Waals surface area contributed by atoms with Crippen molar-refractivity contribution in [1.82, 2.24) is 5.01 Å². The van der Waals surface area contributed by atoms with Crippen molar-refractivity contribution in [3.8, 4) is 0 Å². The summed E-state index contributed by atoms with van der Waals surface area (Å²) in [5.74, 6) is -1.56. The number of carbonyl (C=O) groups excluding carboxylic acids is 2. The fourth-order valence-electron chi connectivity index (χ4n) is 1.73. The number of anilines is 1. The van der Waals surface area contributed by atoms with Crippen LogP contribution in [0.4, 0.5) is 5.69 Å². The molecule has 0 radical (unpaired) electrons. The number of aromatic carboxylic acids is 1. The smallest absolute Gasteiger partial charge is 0.335 e. The quantitative estimate of drug-likeness (QED) is 0.857. The molecule has 0 fully saturated rings. The zero-order chi connectivity index (χ0) is 14.7. The van der Waals surface area contributed by atoms with Gasteiger partial charge < -0.3 is 10.4 Å². The van der Waals surface area contributed by atoms with Crippen LogP contribution in [-0.2, 0) is 9.59 Å². The van der Waals surface area contributed by atoms with Crippen LogP contribution in [0.5, 0.6) is 0 Å². The minimum Gasteiger partial charge on any atom is -0.478 e. The molecular formula is C13H13N3O4. The number of amides is 2. The third-order valence-electron chi connectivity index (χ3n) is 2.86. The molecule has 0 saturated carbocycles. The largest absolute Gasteiger partial charge is 0.478 e. The molecule has 0 bridgehead atoms. The highest BCUT2D eigenvalue weighted by molar-refractivity contribution is 6.43. The molecule has 1 aromatic carbocycles. The van der Waals surface area contributed by atoms with Gasteiger partial charge in [0.2, 0.25) is 5.91 Å². The lowest BCUT2D eigenvalue weighted by Crippen LogP contribution is -2.34. The lowest BCUT2D eigenvalue weighted by atomic mass is 10.1. The van der Waals surface area contributed by atoms with Crippen molar-refractivity contribution in [3.63, 3.8) is 0 Å². The van der Waals surface area contributed by atoms with Gasteiger partial charge in [-0.15, -0.1) is 0 Å². The van der Waals surface area contributed by atoms with Crippen LogP contribution in [0.25, 0.3) is 0 Å². The first kappa shape index (κ1) is 13.7. The molecule has 0 unspecified atom stereocenters. The van der Waals surface area contributed by atoms with Gasteiger partial charge in [0.15, 0.2) is 0 Å². The molecule has 0 saturated heterocycles. The highest BCUT2D eigenvalue weighted by Gasteiger charge is 2.21. The van der Waals surface area contributed by atoms with Crippen LogP contribution < -0.4 is 5.32 Å². The van der Waals surface area contributed by atoms with Crippen LogP contribution in [0, 0.1) is 0 Å². The molecule has 2 amide bonds. The van der Waals surface area contributed by atoms with Gasteiger partial charge in [0.05, 0.1) is 5.56 Å². The Balaban J connectivity index is 2.06. The Morgan fingerprint density at radius 3 is 2.45 bits per heavy atom. The zero-order valence-corrected chi connectivity index (χ0v) is 10.8. The van der Waals surface area contributed by atoms with Crippen molar-refractivity contribution in [2.75, 3.05) is 12.4 Å². The van der Waals surface area contributed by atoms with Crippen molar-refractivity contribution < 1.29 is 19.5 Å². The van der Waals surface area contributed by atoms with E-state index in [0.717, 1.165) is 5.01 Å². The molecule has 0 aliphatic carbocycles. The predicted molar refractivity (Wildman–Crippen MR) is 71.5 cm³/mol. The maximum Gasteiger partial charge on any atom is 0.335 e. The van der Waals surface area contributed by atoms with E-state index in [1.807, 2.05) is 0 Å². The molecule has 1 aliphatic rings. The van der Waals surface area contributed by atoms with E-state index >= 15 is 0 Å². The van der Waals surface area contributed by atoms with Crippen LogP contribution in [0.1, 0.15) is 23.2 Å². The normalized spacial score (nSPS) is 14.8. The van der Waals surface area contributed by atoms with E-state index in [1.54, 1.807) is 0 Å². The van der Waals surface area contributed by atoms with Gasteiger partial charge in [-0.05, 0) is 24.3 Å². The molecule has 0 spiro atoms. The molecule has 2 rings (SSSR count). The van der Waals surface area contributed by atoms with E-state index in [0.29, 0.717) is 12.1 Å². The van der Waals surface area contributed by atoms with Gasteiger partial charge in [-0.3, -0.25) is 9.59 Å². The molecule has 1 heterocycles. The minimum absolute atomic E-state index is 0.132. The molecule has 7 nitrogen and oxygen atoms in total. The molecule has 0 aromatic heterocycles. The van der Waals surface area contributed by atoms with Gasteiger partial charge in [-0.2, -0.15) is 5.10 Å². The highest BCUT2D eigenvalue weighted by Crippen LogP contribution is 2.12. The molecule has 7 heteroatoms. The Labute approximate surface area is 114 Å². The van der Waals surface area contributed by atoms with Crippen LogP contribution in [0.2, 0.25) is 0 Å². The fourth-order valence-corrected chi connectivity index (χ4v) is 1.73. The van der Waals surface area contributed by atoms with E-state index in [-0.39, 0.29) is 23.6 Å². The molecule has 1 aliphatic heterocycles. The van der Waals surface area contributed by atoms with Crippen LogP contribution in [0.15, 0.2) is 29.4 Å². The van der Waals surface area contributed by atoms with Crippen molar-refractivity contribution in [2.45, 2.75) is 12.8 Å². The number of carboxylic acid groups (broad SMARTS) is 1. The predicted octanol–water partition coefficient (Wildman–Crippen LogP) is 0.931. The molecule has 104 valence electrons. The minimum atomic E-state index is -1.03. The molecular weight excluding hydrogens is 262 g/mol. The first-order chi connectivity index (χ1) is 9.47. The van der Waals surface area contributed by atoms with Crippen molar-refractivity contribution >= 4 is 29.2 Å². The van der Waals surface area contributed by atoms with E-state index in [2.05, 4.69) is 10.4 Å². The summed E-state index contributed by atoms with van der Waals surface area (Å²) in [5, 5.41) is 16.4. The summed E-state index contributed by atoms with van der Waals surface area (Å²) < 4.78 is 0. The summed E-state index contributed by atoms with van der Waals surface area (Å²) in [6.07, 6.45) is 0.545. The lowest BCUT2D eigenvalue weighted by Gasteiger charge is -2.18. The van der Waals surface area contributed by atoms with Crippen molar-refractivity contribution in [1.29, 1.82) is 0 Å². The van der Waals surface area contributed by atoms with E-state index in [4.69, 9.17) is 5.11 Å². The topological polar surface area (TPSA) is 99.1 Å². The van der Waals surface area contributed by atoms with Gasteiger partial charge in [0.25, 0.3) is 5.91 Å². The summed E-state index contributed by atoms with van der Waals surface area (Å²) in [6.45, 7) is 0. The maximum atomic E-state index is 11.9. The third-order valence-corrected chi connectivity index (χ3v) is 2.86. The molecule has 20 heavy (non-hydrogen) atoms. The second-order valence-corrected chi connectivity index (χ2v) is 4.30. The zero-order valence-electron chi connectivity index (χ0n) is 10.8. The number of hydrogen-bond donors (Lipinski definition) is 2. The van der Waals surface area contributed by atoms with Crippen LogP contribution >= 0.6 is 0 Å². The maximum absolute atomic E-state index is 11.9. The molecule has 1 aromatic rings. The Bertz CT molecular complexity index is 592. The fraction of sp³-hybridized carbons (Fsp3) is 0.231. The van der Waals surface area contributed by atoms with E-state index < -0.39 is 11.9 Å². The van der Waals surface area contributed by atoms with Gasteiger partial charge in [-0.25, -0.2) is 9.80 Å². The van der Waals surface area contributed by atoms with E-state index in [9.17, 15) is 14.4 Å². The number of nitrogens with one attached hydrogen (secondary N) is 1.